The molecular formula is C8H16N2O. The zero-order valence-corrected chi connectivity index (χ0v) is 7.05. The molecule has 1 aliphatic heterocycles. The van der Waals surface area contributed by atoms with Gasteiger partial charge in [-0.1, -0.05) is 0 Å². The van der Waals surface area contributed by atoms with E-state index < -0.39 is 0 Å². The van der Waals surface area contributed by atoms with Crippen LogP contribution in [0.1, 0.15) is 26.2 Å². The van der Waals surface area contributed by atoms with Crippen LogP contribution in [0.2, 0.25) is 0 Å². The van der Waals surface area contributed by atoms with Crippen LogP contribution >= 0.6 is 0 Å². The third-order valence-corrected chi connectivity index (χ3v) is 2.20. The van der Waals surface area contributed by atoms with E-state index >= 15 is 0 Å². The van der Waals surface area contributed by atoms with E-state index in [0.29, 0.717) is 0 Å². The molecule has 0 aromatic heterocycles. The van der Waals surface area contributed by atoms with Crippen LogP contribution in [0.3, 0.4) is 0 Å². The van der Waals surface area contributed by atoms with Gasteiger partial charge < -0.3 is 10.6 Å². The number of nitrogens with two attached hydrogens (primary N) is 1. The molecule has 1 heterocycles. The minimum Gasteiger partial charge on any atom is -0.342 e. The molecule has 2 N–H and O–H groups in total. The third kappa shape index (κ3) is 1.93. The van der Waals surface area contributed by atoms with Gasteiger partial charge in [0.15, 0.2) is 0 Å². The Kier molecular flexibility index (Phi) is 2.88. The smallest absolute Gasteiger partial charge is 0.239 e. The molecule has 0 bridgehead atoms. The Labute approximate surface area is 67.5 Å². The number of hydrogen-bond donors (Lipinski definition) is 1. The Morgan fingerprint density at radius 3 is 3.00 bits per heavy atom. The summed E-state index contributed by atoms with van der Waals surface area (Å²) in [6, 6.07) is -0.238. The van der Waals surface area contributed by atoms with Crippen LogP contribution in [0.4, 0.5) is 0 Å². The lowest BCUT2D eigenvalue weighted by Crippen LogP contribution is -2.42. The number of amides is 1. The van der Waals surface area contributed by atoms with E-state index in [0.717, 1.165) is 32.4 Å². The monoisotopic (exact) mass is 156 g/mol. The van der Waals surface area contributed by atoms with Crippen LogP contribution in [0.15, 0.2) is 0 Å². The van der Waals surface area contributed by atoms with Crippen molar-refractivity contribution in [3.63, 3.8) is 0 Å². The standard InChI is InChI=1S/C8H16N2O/c1-2-10-6-4-3-5-7(9)8(10)11/h7H,2-6,9H2,1H3/t7-/m0/s1. The molecule has 1 atom stereocenters. The molecule has 1 amide bonds. The maximum Gasteiger partial charge on any atom is 0.239 e. The lowest BCUT2D eigenvalue weighted by molar-refractivity contribution is -0.131. The first kappa shape index (κ1) is 8.53. The van der Waals surface area contributed by atoms with Crippen molar-refractivity contribution in [2.75, 3.05) is 13.1 Å². The molecule has 1 rings (SSSR count). The number of carbonyl (C=O) groups excluding carboxylic acids is 1. The van der Waals surface area contributed by atoms with Crippen molar-refractivity contribution in [3.8, 4) is 0 Å². The summed E-state index contributed by atoms with van der Waals surface area (Å²) in [5, 5.41) is 0. The van der Waals surface area contributed by atoms with E-state index in [1.165, 1.54) is 0 Å². The lowest BCUT2D eigenvalue weighted by atomic mass is 10.1. The highest BCUT2D eigenvalue weighted by Crippen LogP contribution is 2.09. The number of hydrogen-bond acceptors (Lipinski definition) is 2. The number of nitrogens with zero attached hydrogens (tertiary/aromatic N) is 1. The Morgan fingerprint density at radius 2 is 2.36 bits per heavy atom. The molecule has 0 unspecified atom stereocenters. The number of rotatable bonds is 1. The van der Waals surface area contributed by atoms with Crippen molar-refractivity contribution in [1.29, 1.82) is 0 Å². The molecule has 1 saturated heterocycles. The Hall–Kier alpha value is -0.570. The number of carbonyl (C=O) groups is 1. The van der Waals surface area contributed by atoms with E-state index in [4.69, 9.17) is 5.73 Å². The topological polar surface area (TPSA) is 46.3 Å². The molecule has 64 valence electrons. The second kappa shape index (κ2) is 3.72. The SMILES string of the molecule is CCN1CCCC[C@H](N)C1=O. The van der Waals surface area contributed by atoms with Crippen LogP contribution < -0.4 is 5.73 Å². The zero-order chi connectivity index (χ0) is 8.27. The summed E-state index contributed by atoms with van der Waals surface area (Å²) in [4.78, 5) is 13.2. The molecule has 11 heavy (non-hydrogen) atoms. The third-order valence-electron chi connectivity index (χ3n) is 2.20. The van der Waals surface area contributed by atoms with Crippen LogP contribution in [0, 0.1) is 0 Å². The zero-order valence-electron chi connectivity index (χ0n) is 7.05. The molecular weight excluding hydrogens is 140 g/mol. The van der Waals surface area contributed by atoms with Crippen molar-refractivity contribution >= 4 is 5.91 Å². The summed E-state index contributed by atoms with van der Waals surface area (Å²) in [5.41, 5.74) is 5.65. The first-order valence-corrected chi connectivity index (χ1v) is 4.30. The summed E-state index contributed by atoms with van der Waals surface area (Å²) in [6.45, 7) is 3.69. The Morgan fingerprint density at radius 1 is 1.64 bits per heavy atom. The number of likely N-dealkylation sites (N-methyl/N-ethyl adjacent to an activating group) is 1. The van der Waals surface area contributed by atoms with Crippen molar-refractivity contribution in [1.82, 2.24) is 4.90 Å². The highest BCUT2D eigenvalue weighted by molar-refractivity contribution is 5.81. The summed E-state index contributed by atoms with van der Waals surface area (Å²) < 4.78 is 0. The van der Waals surface area contributed by atoms with Gasteiger partial charge >= 0.3 is 0 Å². The summed E-state index contributed by atoms with van der Waals surface area (Å²) >= 11 is 0. The van der Waals surface area contributed by atoms with E-state index in [-0.39, 0.29) is 11.9 Å². The fourth-order valence-corrected chi connectivity index (χ4v) is 1.45. The van der Waals surface area contributed by atoms with Gasteiger partial charge in [0, 0.05) is 13.1 Å². The van der Waals surface area contributed by atoms with Gasteiger partial charge in [-0.05, 0) is 26.2 Å². The summed E-state index contributed by atoms with van der Waals surface area (Å²) in [6.07, 6.45) is 3.05. The minimum absolute atomic E-state index is 0.130. The molecule has 3 nitrogen and oxygen atoms in total. The summed E-state index contributed by atoms with van der Waals surface area (Å²) in [7, 11) is 0. The minimum atomic E-state index is -0.238. The summed E-state index contributed by atoms with van der Waals surface area (Å²) in [5.74, 6) is 0.130. The number of likely N-dealkylation sites (tertiary alicyclic amines) is 1. The molecule has 3 heteroatoms. The maximum absolute atomic E-state index is 11.4. The molecule has 1 aliphatic rings. The van der Waals surface area contributed by atoms with Gasteiger partial charge in [-0.3, -0.25) is 4.79 Å². The van der Waals surface area contributed by atoms with E-state index in [9.17, 15) is 4.79 Å². The molecule has 1 fully saturated rings. The molecule has 0 aliphatic carbocycles. The van der Waals surface area contributed by atoms with Crippen LogP contribution in [0.5, 0.6) is 0 Å². The second-order valence-corrected chi connectivity index (χ2v) is 3.02. The van der Waals surface area contributed by atoms with E-state index in [2.05, 4.69) is 0 Å². The van der Waals surface area contributed by atoms with Crippen molar-refractivity contribution in [2.45, 2.75) is 32.2 Å². The first-order valence-electron chi connectivity index (χ1n) is 4.30. The quantitative estimate of drug-likeness (QED) is 0.595. The van der Waals surface area contributed by atoms with Gasteiger partial charge in [-0.25, -0.2) is 0 Å². The van der Waals surface area contributed by atoms with Crippen LogP contribution in [0.25, 0.3) is 0 Å². The molecule has 0 aromatic carbocycles. The molecule has 0 spiro atoms. The normalized spacial score (nSPS) is 26.9. The first-order chi connectivity index (χ1) is 5.25. The van der Waals surface area contributed by atoms with Crippen LogP contribution in [-0.2, 0) is 4.79 Å². The van der Waals surface area contributed by atoms with Gasteiger partial charge in [0.1, 0.15) is 0 Å². The van der Waals surface area contributed by atoms with Gasteiger partial charge in [-0.15, -0.1) is 0 Å². The average molecular weight is 156 g/mol. The van der Waals surface area contributed by atoms with E-state index in [1.54, 1.807) is 0 Å². The fourth-order valence-electron chi connectivity index (χ4n) is 1.45. The highest BCUT2D eigenvalue weighted by atomic mass is 16.2. The fraction of sp³-hybridized carbons (Fsp3) is 0.875. The molecule has 0 aromatic rings. The molecule has 0 radical (unpaired) electrons. The largest absolute Gasteiger partial charge is 0.342 e. The van der Waals surface area contributed by atoms with Crippen molar-refractivity contribution in [2.24, 2.45) is 5.73 Å². The van der Waals surface area contributed by atoms with Gasteiger partial charge in [-0.2, -0.15) is 0 Å². The van der Waals surface area contributed by atoms with E-state index in [1.807, 2.05) is 11.8 Å². The predicted molar refractivity (Wildman–Crippen MR) is 44.1 cm³/mol. The van der Waals surface area contributed by atoms with Crippen molar-refractivity contribution < 1.29 is 4.79 Å². The maximum atomic E-state index is 11.4. The average Bonchev–Trinajstić information content (AvgIpc) is 2.16. The Bertz CT molecular complexity index is 147. The second-order valence-electron chi connectivity index (χ2n) is 3.02. The Balaban J connectivity index is 2.56. The van der Waals surface area contributed by atoms with Crippen LogP contribution in [-0.4, -0.2) is 29.9 Å². The molecule has 0 saturated carbocycles. The van der Waals surface area contributed by atoms with Gasteiger partial charge in [0.05, 0.1) is 6.04 Å². The lowest BCUT2D eigenvalue weighted by Gasteiger charge is -2.20. The highest BCUT2D eigenvalue weighted by Gasteiger charge is 2.21. The van der Waals surface area contributed by atoms with Gasteiger partial charge in [0.2, 0.25) is 5.91 Å². The predicted octanol–water partition coefficient (Wildman–Crippen LogP) is 0.346. The van der Waals surface area contributed by atoms with Gasteiger partial charge in [0.25, 0.3) is 0 Å². The van der Waals surface area contributed by atoms with Crippen molar-refractivity contribution in [3.05, 3.63) is 0 Å².